The number of nitrogens with zero attached hydrogens (tertiary/aromatic N) is 4. The van der Waals surface area contributed by atoms with E-state index in [0.717, 1.165) is 48.1 Å². The SMILES string of the molecule is Cc1cc(-c2cc(F)c(CN3CCC(N(C)C)CC3)c(F)c2)cc2c1nc(-c1ccc(S(C)(=O)=O)cc1)n2C. The van der Waals surface area contributed by atoms with Gasteiger partial charge in [0.1, 0.15) is 17.5 Å². The topological polar surface area (TPSA) is 58.4 Å². The summed E-state index contributed by atoms with van der Waals surface area (Å²) >= 11 is 0. The van der Waals surface area contributed by atoms with Crippen LogP contribution in [0.5, 0.6) is 0 Å². The first-order chi connectivity index (χ1) is 18.4. The zero-order valence-corrected chi connectivity index (χ0v) is 23.8. The van der Waals surface area contributed by atoms with Crippen molar-refractivity contribution in [1.82, 2.24) is 19.4 Å². The van der Waals surface area contributed by atoms with Crippen LogP contribution in [0.1, 0.15) is 24.0 Å². The summed E-state index contributed by atoms with van der Waals surface area (Å²) in [5, 5.41) is 0. The Bertz CT molecular complexity index is 1610. The minimum absolute atomic E-state index is 0.111. The summed E-state index contributed by atoms with van der Waals surface area (Å²) in [6, 6.07) is 13.8. The van der Waals surface area contributed by atoms with E-state index in [9.17, 15) is 8.42 Å². The zero-order chi connectivity index (χ0) is 28.1. The van der Waals surface area contributed by atoms with Crippen molar-refractivity contribution in [2.45, 2.75) is 37.2 Å². The minimum Gasteiger partial charge on any atom is -0.327 e. The molecular formula is C30H34F2N4O2S. The lowest BCUT2D eigenvalue weighted by atomic mass is 9.99. The van der Waals surface area contributed by atoms with E-state index in [4.69, 9.17) is 4.98 Å². The maximum atomic E-state index is 15.3. The van der Waals surface area contributed by atoms with Crippen LogP contribution >= 0.6 is 0 Å². The summed E-state index contributed by atoms with van der Waals surface area (Å²) < 4.78 is 56.1. The molecule has 1 saturated heterocycles. The fourth-order valence-electron chi connectivity index (χ4n) is 5.47. The first-order valence-electron chi connectivity index (χ1n) is 13.1. The lowest BCUT2D eigenvalue weighted by Crippen LogP contribution is -2.41. The molecule has 0 saturated carbocycles. The molecule has 0 amide bonds. The molecule has 0 bridgehead atoms. The summed E-state index contributed by atoms with van der Waals surface area (Å²) in [6.45, 7) is 3.82. The summed E-state index contributed by atoms with van der Waals surface area (Å²) in [5.41, 5.74) is 4.55. The van der Waals surface area contributed by atoms with Gasteiger partial charge in [-0.05, 0) is 112 Å². The number of piperidine rings is 1. The molecule has 1 aliphatic rings. The molecule has 39 heavy (non-hydrogen) atoms. The van der Waals surface area contributed by atoms with Gasteiger partial charge in [-0.1, -0.05) is 0 Å². The third-order valence-electron chi connectivity index (χ3n) is 7.86. The second kappa shape index (κ2) is 10.4. The average molecular weight is 553 g/mol. The van der Waals surface area contributed by atoms with Gasteiger partial charge in [0.2, 0.25) is 0 Å². The number of aromatic nitrogens is 2. The monoisotopic (exact) mass is 552 g/mol. The van der Waals surface area contributed by atoms with Crippen molar-refractivity contribution in [2.75, 3.05) is 33.4 Å². The predicted molar refractivity (Wildman–Crippen MR) is 151 cm³/mol. The van der Waals surface area contributed by atoms with Gasteiger partial charge in [-0.2, -0.15) is 0 Å². The molecule has 1 fully saturated rings. The number of sulfone groups is 1. The van der Waals surface area contributed by atoms with Crippen molar-refractivity contribution < 1.29 is 17.2 Å². The van der Waals surface area contributed by atoms with Gasteiger partial charge in [-0.3, -0.25) is 4.90 Å². The quantitative estimate of drug-likeness (QED) is 0.320. The van der Waals surface area contributed by atoms with Gasteiger partial charge in [-0.25, -0.2) is 22.2 Å². The third kappa shape index (κ3) is 5.48. The molecule has 5 rings (SSSR count). The molecule has 1 aliphatic heterocycles. The van der Waals surface area contributed by atoms with Gasteiger partial charge in [-0.15, -0.1) is 0 Å². The van der Waals surface area contributed by atoms with Crippen molar-refractivity contribution in [3.05, 3.63) is 71.3 Å². The summed E-state index contributed by atoms with van der Waals surface area (Å²) in [5.74, 6) is -0.390. The Morgan fingerprint density at radius 3 is 2.10 bits per heavy atom. The molecule has 9 heteroatoms. The highest BCUT2D eigenvalue weighted by Crippen LogP contribution is 2.33. The lowest BCUT2D eigenvalue weighted by molar-refractivity contribution is 0.138. The van der Waals surface area contributed by atoms with Crippen LogP contribution in [0.2, 0.25) is 0 Å². The van der Waals surface area contributed by atoms with E-state index < -0.39 is 21.5 Å². The van der Waals surface area contributed by atoms with Gasteiger partial charge in [0, 0.05) is 37.0 Å². The highest BCUT2D eigenvalue weighted by atomic mass is 32.2. The molecule has 4 aromatic rings. The summed E-state index contributed by atoms with van der Waals surface area (Å²) in [7, 11) is 2.72. The molecule has 0 aliphatic carbocycles. The van der Waals surface area contributed by atoms with Gasteiger partial charge in [0.25, 0.3) is 0 Å². The number of hydrogen-bond acceptors (Lipinski definition) is 5. The Labute approximate surface area is 228 Å². The van der Waals surface area contributed by atoms with E-state index in [2.05, 4.69) is 23.9 Å². The summed E-state index contributed by atoms with van der Waals surface area (Å²) in [4.78, 5) is 9.38. The molecule has 6 nitrogen and oxygen atoms in total. The molecule has 0 unspecified atom stereocenters. The van der Waals surface area contributed by atoms with Crippen molar-refractivity contribution in [1.29, 1.82) is 0 Å². The summed E-state index contributed by atoms with van der Waals surface area (Å²) in [6.07, 6.45) is 3.15. The molecule has 0 radical (unpaired) electrons. The van der Waals surface area contributed by atoms with Crippen LogP contribution in [0.4, 0.5) is 8.78 Å². The Balaban J connectivity index is 1.44. The molecule has 0 N–H and O–H groups in total. The Hall–Kier alpha value is -3.14. The molecule has 3 aromatic carbocycles. The van der Waals surface area contributed by atoms with Crippen LogP contribution in [-0.2, 0) is 23.4 Å². The number of fused-ring (bicyclic) bond motifs is 1. The smallest absolute Gasteiger partial charge is 0.175 e. The van der Waals surface area contributed by atoms with Gasteiger partial charge in [0.05, 0.1) is 15.9 Å². The van der Waals surface area contributed by atoms with Crippen molar-refractivity contribution in [3.8, 4) is 22.5 Å². The zero-order valence-electron chi connectivity index (χ0n) is 23.0. The number of imidazole rings is 1. The normalized spacial score (nSPS) is 15.5. The standard InChI is InChI=1S/C30H34F2N4O2S/c1-19-14-21(17-28-29(19)33-30(35(28)4)20-6-8-24(9-7-20)39(5,37)38)22-15-26(31)25(27(32)16-22)18-36-12-10-23(11-13-36)34(2)3/h6-9,14-17,23H,10-13,18H2,1-5H3. The van der Waals surface area contributed by atoms with Crippen molar-refractivity contribution in [3.63, 3.8) is 0 Å². The fourth-order valence-corrected chi connectivity index (χ4v) is 6.10. The van der Waals surface area contributed by atoms with E-state index in [-0.39, 0.29) is 17.0 Å². The molecular weight excluding hydrogens is 518 g/mol. The Morgan fingerprint density at radius 2 is 1.54 bits per heavy atom. The fraction of sp³-hybridized carbons (Fsp3) is 0.367. The van der Waals surface area contributed by atoms with Gasteiger partial charge in [0.15, 0.2) is 9.84 Å². The first kappa shape index (κ1) is 27.4. The number of halogens is 2. The van der Waals surface area contributed by atoms with Crippen molar-refractivity contribution >= 4 is 20.9 Å². The number of hydrogen-bond donors (Lipinski definition) is 0. The number of benzene rings is 3. The molecule has 206 valence electrons. The Morgan fingerprint density at radius 1 is 0.949 bits per heavy atom. The van der Waals surface area contributed by atoms with E-state index in [1.54, 1.807) is 24.3 Å². The van der Waals surface area contributed by atoms with Crippen LogP contribution < -0.4 is 0 Å². The van der Waals surface area contributed by atoms with E-state index in [0.29, 0.717) is 23.0 Å². The van der Waals surface area contributed by atoms with Gasteiger partial charge < -0.3 is 9.47 Å². The second-order valence-electron chi connectivity index (χ2n) is 10.8. The number of aryl methyl sites for hydroxylation is 2. The van der Waals surface area contributed by atoms with Crippen LogP contribution in [0.25, 0.3) is 33.5 Å². The van der Waals surface area contributed by atoms with Crippen molar-refractivity contribution in [2.24, 2.45) is 7.05 Å². The number of rotatable bonds is 6. The van der Waals surface area contributed by atoms with E-state index in [1.807, 2.05) is 30.7 Å². The maximum Gasteiger partial charge on any atom is 0.175 e. The second-order valence-corrected chi connectivity index (χ2v) is 12.9. The largest absolute Gasteiger partial charge is 0.327 e. The first-order valence-corrected chi connectivity index (χ1v) is 15.0. The van der Waals surface area contributed by atoms with Gasteiger partial charge >= 0.3 is 0 Å². The van der Waals surface area contributed by atoms with Crippen LogP contribution in [0.3, 0.4) is 0 Å². The lowest BCUT2D eigenvalue weighted by Gasteiger charge is -2.35. The predicted octanol–water partition coefficient (Wildman–Crippen LogP) is 5.42. The van der Waals surface area contributed by atoms with E-state index in [1.165, 1.54) is 18.4 Å². The highest BCUT2D eigenvalue weighted by molar-refractivity contribution is 7.90. The molecule has 1 aromatic heterocycles. The third-order valence-corrected chi connectivity index (χ3v) is 8.99. The van der Waals surface area contributed by atoms with Crippen LogP contribution in [0.15, 0.2) is 53.4 Å². The number of likely N-dealkylation sites (tertiary alicyclic amines) is 1. The van der Waals surface area contributed by atoms with Crippen LogP contribution in [0, 0.1) is 18.6 Å². The molecule has 0 spiro atoms. The molecule has 2 heterocycles. The van der Waals surface area contributed by atoms with E-state index >= 15 is 8.78 Å². The molecule has 0 atom stereocenters. The van der Waals surface area contributed by atoms with Crippen LogP contribution in [-0.4, -0.2) is 67.3 Å². The highest BCUT2D eigenvalue weighted by Gasteiger charge is 2.23. The maximum absolute atomic E-state index is 15.3. The minimum atomic E-state index is -3.30. The average Bonchev–Trinajstić information content (AvgIpc) is 3.22. The Kier molecular flexibility index (Phi) is 7.35.